The van der Waals surface area contributed by atoms with Crippen LogP contribution >= 0.6 is 11.8 Å². The zero-order chi connectivity index (χ0) is 28.1. The van der Waals surface area contributed by atoms with Gasteiger partial charge in [-0.15, -0.1) is 24.6 Å². The largest absolute Gasteiger partial charge is 0.309 e. The molecule has 0 spiro atoms. The molecule has 0 unspecified atom stereocenters. The normalized spacial score (nSPS) is 14.7. The number of fused-ring (bicyclic) bond motifs is 1. The standard InChI is InChI=1S/C27H28N6O2S.C2H2/c1-5-19(27(35)32-33-28)16-20-13-14-21-24(17(20)3)31-25(22(6-2)36-4)26(29-21)30-23(34)15-18-11-9-7-8-10-12-18;1-2/h5-9,11-12,16H,1,10,13-15H2,2-4H3,(H,29,30,34);1-2H/b19-16+,22-6-;. The van der Waals surface area contributed by atoms with E-state index in [-0.39, 0.29) is 17.9 Å². The predicted molar refractivity (Wildman–Crippen MR) is 157 cm³/mol. The Hall–Kier alpha value is -4.38. The fourth-order valence-electron chi connectivity index (χ4n) is 3.94. The van der Waals surface area contributed by atoms with Crippen molar-refractivity contribution in [2.24, 2.45) is 5.11 Å². The number of aryl methyl sites for hydroxylation is 1. The summed E-state index contributed by atoms with van der Waals surface area (Å²) in [6.07, 6.45) is 27.1. The van der Waals surface area contributed by atoms with Crippen LogP contribution in [0, 0.1) is 12.8 Å². The highest BCUT2D eigenvalue weighted by molar-refractivity contribution is 8.07. The van der Waals surface area contributed by atoms with E-state index in [1.165, 1.54) is 17.8 Å². The number of anilines is 1. The third-order valence-corrected chi connectivity index (χ3v) is 6.65. The molecule has 2 aliphatic rings. The van der Waals surface area contributed by atoms with Crippen LogP contribution in [0.25, 0.3) is 20.9 Å². The van der Waals surface area contributed by atoms with Crippen LogP contribution in [-0.4, -0.2) is 28.0 Å². The third-order valence-electron chi connectivity index (χ3n) is 5.78. The van der Waals surface area contributed by atoms with Crippen LogP contribution in [0.1, 0.15) is 50.2 Å². The molecule has 3 rings (SSSR count). The van der Waals surface area contributed by atoms with Crippen molar-refractivity contribution in [2.75, 3.05) is 11.6 Å². The number of aromatic nitrogens is 2. The van der Waals surface area contributed by atoms with Crippen LogP contribution in [0.4, 0.5) is 5.82 Å². The Labute approximate surface area is 227 Å². The summed E-state index contributed by atoms with van der Waals surface area (Å²) >= 11 is 1.52. The van der Waals surface area contributed by atoms with Gasteiger partial charge in [-0.1, -0.05) is 49.1 Å². The molecule has 0 saturated carbocycles. The van der Waals surface area contributed by atoms with Gasteiger partial charge in [0.05, 0.1) is 17.8 Å². The van der Waals surface area contributed by atoms with E-state index in [4.69, 9.17) is 15.5 Å². The summed E-state index contributed by atoms with van der Waals surface area (Å²) in [6.45, 7) is 7.50. The van der Waals surface area contributed by atoms with Crippen LogP contribution in [-0.2, 0) is 16.0 Å². The smallest absolute Gasteiger partial charge is 0.249 e. The maximum Gasteiger partial charge on any atom is 0.249 e. The first-order chi connectivity index (χ1) is 18.4. The zero-order valence-corrected chi connectivity index (χ0v) is 22.6. The maximum atomic E-state index is 12.9. The molecule has 0 radical (unpaired) electrons. The summed E-state index contributed by atoms with van der Waals surface area (Å²) in [5, 5.41) is 6.15. The summed E-state index contributed by atoms with van der Waals surface area (Å²) in [5.41, 5.74) is 13.6. The molecule has 38 heavy (non-hydrogen) atoms. The van der Waals surface area contributed by atoms with E-state index < -0.39 is 5.91 Å². The van der Waals surface area contributed by atoms with Gasteiger partial charge in [-0.25, -0.2) is 9.97 Å². The first kappa shape index (κ1) is 29.8. The van der Waals surface area contributed by atoms with Crippen molar-refractivity contribution in [1.29, 1.82) is 0 Å². The number of hydrogen-bond donors (Lipinski definition) is 1. The second kappa shape index (κ2) is 15.0. The summed E-state index contributed by atoms with van der Waals surface area (Å²) in [5.74, 6) is -0.398. The van der Waals surface area contributed by atoms with E-state index in [0.717, 1.165) is 33.7 Å². The quantitative estimate of drug-likeness (QED) is 0.0987. The summed E-state index contributed by atoms with van der Waals surface area (Å²) in [7, 11) is 0. The Morgan fingerprint density at radius 1 is 1.29 bits per heavy atom. The molecule has 0 aromatic carbocycles. The molecule has 9 heteroatoms. The lowest BCUT2D eigenvalue weighted by molar-refractivity contribution is -0.115. The Morgan fingerprint density at radius 3 is 2.71 bits per heavy atom. The Balaban J connectivity index is 0.00000247. The fourth-order valence-corrected chi connectivity index (χ4v) is 4.51. The van der Waals surface area contributed by atoms with E-state index in [2.05, 4.69) is 34.8 Å². The fraction of sp³-hybridized carbons (Fsp3) is 0.241. The highest BCUT2D eigenvalue weighted by Gasteiger charge is 2.23. The van der Waals surface area contributed by atoms with E-state index in [1.807, 2.05) is 56.6 Å². The van der Waals surface area contributed by atoms with Crippen molar-refractivity contribution in [1.82, 2.24) is 9.97 Å². The topological polar surface area (TPSA) is 121 Å². The summed E-state index contributed by atoms with van der Waals surface area (Å²) < 4.78 is 0. The summed E-state index contributed by atoms with van der Waals surface area (Å²) in [4.78, 5) is 38.2. The van der Waals surface area contributed by atoms with Gasteiger partial charge in [0.1, 0.15) is 5.69 Å². The molecule has 2 amide bonds. The first-order valence-corrected chi connectivity index (χ1v) is 13.0. The van der Waals surface area contributed by atoms with Crippen LogP contribution in [0.5, 0.6) is 0 Å². The molecule has 0 fully saturated rings. The molecule has 1 aromatic heterocycles. The Kier molecular flexibility index (Phi) is 11.8. The van der Waals surface area contributed by atoms with Gasteiger partial charge < -0.3 is 5.32 Å². The Bertz CT molecular complexity index is 1370. The lowest BCUT2D eigenvalue weighted by Gasteiger charge is -2.21. The van der Waals surface area contributed by atoms with E-state index in [9.17, 15) is 9.59 Å². The van der Waals surface area contributed by atoms with Crippen molar-refractivity contribution in [2.45, 2.75) is 39.5 Å². The van der Waals surface area contributed by atoms with Crippen LogP contribution in [0.2, 0.25) is 0 Å². The van der Waals surface area contributed by atoms with Gasteiger partial charge >= 0.3 is 0 Å². The van der Waals surface area contributed by atoms with Crippen LogP contribution in [0.15, 0.2) is 77.0 Å². The van der Waals surface area contributed by atoms with Crippen molar-refractivity contribution in [3.8, 4) is 12.8 Å². The SMILES string of the molecule is C#C.C=C/C(=C\C1=C(C)c2nc(/C(=C/C)SC)c(NC(=O)CC3=CCC=CC=C3)nc2CC1)C(=O)N=[N+]=[N-]. The highest BCUT2D eigenvalue weighted by Crippen LogP contribution is 2.36. The molecule has 0 aliphatic heterocycles. The number of carbonyl (C=O) groups excluding carboxylic acids is 2. The second-order valence-corrected chi connectivity index (χ2v) is 8.90. The molecule has 1 heterocycles. The molecule has 8 nitrogen and oxygen atoms in total. The minimum absolute atomic E-state index is 0.154. The average Bonchev–Trinajstić information content (AvgIpc) is 3.19. The van der Waals surface area contributed by atoms with Crippen LogP contribution in [0.3, 0.4) is 0 Å². The molecule has 1 N–H and O–H groups in total. The Morgan fingerprint density at radius 2 is 2.05 bits per heavy atom. The van der Waals surface area contributed by atoms with Crippen molar-refractivity contribution >= 4 is 39.9 Å². The number of carbonyl (C=O) groups is 2. The van der Waals surface area contributed by atoms with E-state index in [1.54, 1.807) is 6.08 Å². The lowest BCUT2D eigenvalue weighted by atomic mass is 9.91. The van der Waals surface area contributed by atoms with Gasteiger partial charge in [-0.05, 0) is 72.8 Å². The first-order valence-electron chi connectivity index (χ1n) is 11.8. The monoisotopic (exact) mass is 526 g/mol. The minimum atomic E-state index is -0.684. The summed E-state index contributed by atoms with van der Waals surface area (Å²) in [6, 6.07) is 0. The number of hydrogen-bond acceptors (Lipinski definition) is 5. The number of allylic oxidation sites excluding steroid dienone is 9. The number of azide groups is 1. The van der Waals surface area contributed by atoms with Gasteiger partial charge in [0.2, 0.25) is 11.8 Å². The molecule has 0 saturated heterocycles. The maximum absolute atomic E-state index is 12.9. The van der Waals surface area contributed by atoms with Gasteiger partial charge in [0.15, 0.2) is 5.82 Å². The zero-order valence-electron chi connectivity index (χ0n) is 21.8. The van der Waals surface area contributed by atoms with Crippen molar-refractivity contribution in [3.05, 3.63) is 99.4 Å². The molecule has 194 valence electrons. The third kappa shape index (κ3) is 7.56. The number of amides is 2. The van der Waals surface area contributed by atoms with Gasteiger partial charge in [-0.2, -0.15) is 0 Å². The molecular weight excluding hydrogens is 496 g/mol. The minimum Gasteiger partial charge on any atom is -0.309 e. The van der Waals surface area contributed by atoms with Crippen LogP contribution < -0.4 is 5.32 Å². The molecular formula is C29H30N6O2S. The average molecular weight is 527 g/mol. The number of nitrogens with one attached hydrogen (secondary N) is 1. The van der Waals surface area contributed by atoms with Crippen molar-refractivity contribution < 1.29 is 9.59 Å². The van der Waals surface area contributed by atoms with E-state index in [0.29, 0.717) is 30.0 Å². The van der Waals surface area contributed by atoms with E-state index >= 15 is 0 Å². The van der Waals surface area contributed by atoms with Gasteiger partial charge in [0, 0.05) is 15.4 Å². The number of terminal acetylenes is 1. The molecule has 2 aliphatic carbocycles. The lowest BCUT2D eigenvalue weighted by Crippen LogP contribution is -2.18. The van der Waals surface area contributed by atoms with Crippen molar-refractivity contribution in [3.63, 3.8) is 0 Å². The van der Waals surface area contributed by atoms with Gasteiger partial charge in [0.25, 0.3) is 0 Å². The molecule has 1 aromatic rings. The number of rotatable bonds is 8. The second-order valence-electron chi connectivity index (χ2n) is 8.05. The molecule has 0 atom stereocenters. The number of nitrogens with zero attached hydrogens (tertiary/aromatic N) is 5. The molecule has 0 bridgehead atoms. The predicted octanol–water partition coefficient (Wildman–Crippen LogP) is 6.89. The van der Waals surface area contributed by atoms with Gasteiger partial charge in [-0.3, -0.25) is 9.59 Å². The number of thioether (sulfide) groups is 1. The highest BCUT2D eigenvalue weighted by atomic mass is 32.2.